The highest BCUT2D eigenvalue weighted by atomic mass is 19.4. The van der Waals surface area contributed by atoms with Crippen molar-refractivity contribution in [2.45, 2.75) is 38.4 Å². The molecule has 9 nitrogen and oxygen atoms in total. The van der Waals surface area contributed by atoms with Crippen LogP contribution in [0.2, 0.25) is 0 Å². The molecule has 12 heteroatoms. The van der Waals surface area contributed by atoms with Gasteiger partial charge in [-0.15, -0.1) is 0 Å². The fourth-order valence-corrected chi connectivity index (χ4v) is 5.18. The standard InChI is InChI=1S/C29H27F3N4O5/c1-16-12-20(17(2)34-22-7-5-4-6-19(22)27(38)41-28(39)29(30,31)32)26-21(13-16)24(37)14-25(40-26)36-11-9-18(15-36)23-8-10-33-35(23)3/h4-8,10,12-14,17-18,34H,9,11,15H2,1-3H3. The first kappa shape index (κ1) is 27.9. The molecule has 2 aromatic heterocycles. The van der Waals surface area contributed by atoms with E-state index in [-0.39, 0.29) is 22.6 Å². The molecule has 2 aromatic carbocycles. The fourth-order valence-electron chi connectivity index (χ4n) is 5.18. The summed E-state index contributed by atoms with van der Waals surface area (Å²) in [5.41, 5.74) is 2.53. The van der Waals surface area contributed by atoms with Crippen LogP contribution in [0.4, 0.5) is 24.7 Å². The Balaban J connectivity index is 1.46. The summed E-state index contributed by atoms with van der Waals surface area (Å²) in [6, 6.07) is 12.2. The highest BCUT2D eigenvalue weighted by Gasteiger charge is 2.42. The zero-order valence-electron chi connectivity index (χ0n) is 22.5. The van der Waals surface area contributed by atoms with Gasteiger partial charge in [-0.2, -0.15) is 18.3 Å². The molecule has 0 amide bonds. The van der Waals surface area contributed by atoms with Crippen LogP contribution in [-0.2, 0) is 16.6 Å². The second kappa shape index (κ2) is 10.8. The monoisotopic (exact) mass is 568 g/mol. The van der Waals surface area contributed by atoms with Crippen molar-refractivity contribution in [3.8, 4) is 0 Å². The Bertz CT molecular complexity index is 1690. The first-order chi connectivity index (χ1) is 19.4. The molecule has 0 spiro atoms. The molecule has 1 aliphatic heterocycles. The number of benzene rings is 2. The minimum Gasteiger partial charge on any atom is -0.440 e. The SMILES string of the molecule is Cc1cc(C(C)Nc2ccccc2C(=O)OC(=O)C(F)(F)F)c2oc(N3CCC(c4ccnn4C)C3)cc(=O)c2c1. The molecule has 0 bridgehead atoms. The molecule has 5 rings (SSSR count). The van der Waals surface area contributed by atoms with Gasteiger partial charge in [0.05, 0.1) is 17.0 Å². The number of ether oxygens (including phenoxy) is 1. The van der Waals surface area contributed by atoms with Gasteiger partial charge in [0, 0.05) is 55.3 Å². The van der Waals surface area contributed by atoms with Gasteiger partial charge in [-0.1, -0.05) is 18.2 Å². The molecule has 2 unspecified atom stereocenters. The van der Waals surface area contributed by atoms with E-state index in [1.807, 2.05) is 35.7 Å². The van der Waals surface area contributed by atoms with E-state index in [1.54, 1.807) is 25.3 Å². The average molecular weight is 569 g/mol. The van der Waals surface area contributed by atoms with Crippen LogP contribution in [0, 0.1) is 6.92 Å². The van der Waals surface area contributed by atoms with E-state index in [1.165, 1.54) is 24.3 Å². The molecule has 0 radical (unpaired) electrons. The van der Waals surface area contributed by atoms with E-state index in [0.717, 1.165) is 17.7 Å². The van der Waals surface area contributed by atoms with E-state index in [9.17, 15) is 27.6 Å². The summed E-state index contributed by atoms with van der Waals surface area (Å²) in [6.45, 7) is 4.93. The summed E-state index contributed by atoms with van der Waals surface area (Å²) in [5.74, 6) is -3.39. The molecule has 1 fully saturated rings. The van der Waals surface area contributed by atoms with E-state index in [2.05, 4.69) is 15.2 Å². The number of para-hydroxylation sites is 1. The van der Waals surface area contributed by atoms with Crippen molar-refractivity contribution in [3.63, 3.8) is 0 Å². The lowest BCUT2D eigenvalue weighted by atomic mass is 10.0. The van der Waals surface area contributed by atoms with Crippen molar-refractivity contribution in [1.29, 1.82) is 0 Å². The molecule has 4 aromatic rings. The van der Waals surface area contributed by atoms with Crippen LogP contribution in [0.1, 0.15) is 52.5 Å². The van der Waals surface area contributed by atoms with Crippen LogP contribution in [0.5, 0.6) is 0 Å². The lowest BCUT2D eigenvalue weighted by molar-refractivity contribution is -0.193. The second-order valence-corrected chi connectivity index (χ2v) is 10.1. The number of carbonyl (C=O) groups is 2. The molecule has 3 heterocycles. The van der Waals surface area contributed by atoms with Gasteiger partial charge in [0.25, 0.3) is 0 Å². The predicted octanol–water partition coefficient (Wildman–Crippen LogP) is 5.25. The number of rotatable bonds is 6. The molecular weight excluding hydrogens is 541 g/mol. The predicted molar refractivity (Wildman–Crippen MR) is 145 cm³/mol. The number of nitrogens with one attached hydrogen (secondary N) is 1. The number of carbonyl (C=O) groups excluding carboxylic acids is 2. The van der Waals surface area contributed by atoms with Crippen molar-refractivity contribution >= 4 is 34.5 Å². The van der Waals surface area contributed by atoms with Crippen molar-refractivity contribution in [1.82, 2.24) is 9.78 Å². The summed E-state index contributed by atoms with van der Waals surface area (Å²) in [5, 5.41) is 7.73. The summed E-state index contributed by atoms with van der Waals surface area (Å²) in [7, 11) is 1.89. The summed E-state index contributed by atoms with van der Waals surface area (Å²) < 4.78 is 50.1. The Morgan fingerprint density at radius 2 is 1.93 bits per heavy atom. The maximum Gasteiger partial charge on any atom is 0.491 e. The Morgan fingerprint density at radius 1 is 1.17 bits per heavy atom. The van der Waals surface area contributed by atoms with E-state index in [0.29, 0.717) is 35.5 Å². The van der Waals surface area contributed by atoms with Crippen LogP contribution in [0.25, 0.3) is 11.0 Å². The lowest BCUT2D eigenvalue weighted by Crippen LogP contribution is -2.28. The summed E-state index contributed by atoms with van der Waals surface area (Å²) in [4.78, 5) is 38.9. The number of hydrogen-bond acceptors (Lipinski definition) is 8. The van der Waals surface area contributed by atoms with Crippen molar-refractivity contribution in [2.75, 3.05) is 23.3 Å². The number of halogens is 3. The van der Waals surface area contributed by atoms with Gasteiger partial charge >= 0.3 is 18.1 Å². The molecule has 0 aliphatic carbocycles. The molecular formula is C29H27F3N4O5. The van der Waals surface area contributed by atoms with E-state index < -0.39 is 24.2 Å². The third-order valence-corrected chi connectivity index (χ3v) is 7.17. The number of fused-ring (bicyclic) bond motifs is 1. The molecule has 1 saturated heterocycles. The smallest absolute Gasteiger partial charge is 0.440 e. The molecule has 1 aliphatic rings. The maximum atomic E-state index is 13.2. The van der Waals surface area contributed by atoms with Gasteiger partial charge < -0.3 is 19.4 Å². The molecule has 214 valence electrons. The molecule has 41 heavy (non-hydrogen) atoms. The molecule has 2 atom stereocenters. The topological polar surface area (TPSA) is 107 Å². The number of aryl methyl sites for hydroxylation is 2. The summed E-state index contributed by atoms with van der Waals surface area (Å²) >= 11 is 0. The van der Waals surface area contributed by atoms with Crippen LogP contribution in [0.3, 0.4) is 0 Å². The van der Waals surface area contributed by atoms with E-state index in [4.69, 9.17) is 4.42 Å². The third-order valence-electron chi connectivity index (χ3n) is 7.17. The van der Waals surface area contributed by atoms with Gasteiger partial charge in [-0.05, 0) is 50.1 Å². The van der Waals surface area contributed by atoms with Crippen LogP contribution < -0.4 is 15.6 Å². The first-order valence-corrected chi connectivity index (χ1v) is 12.9. The van der Waals surface area contributed by atoms with Crippen molar-refractivity contribution in [2.24, 2.45) is 7.05 Å². The zero-order chi connectivity index (χ0) is 29.5. The van der Waals surface area contributed by atoms with Crippen molar-refractivity contribution in [3.05, 3.63) is 87.3 Å². The minimum absolute atomic E-state index is 0.145. The highest BCUT2D eigenvalue weighted by Crippen LogP contribution is 2.34. The normalized spacial score (nSPS) is 16.1. The Hall–Kier alpha value is -4.61. The van der Waals surface area contributed by atoms with Crippen LogP contribution in [0.15, 0.2) is 63.9 Å². The third kappa shape index (κ3) is 5.67. The lowest BCUT2D eigenvalue weighted by Gasteiger charge is -2.21. The number of hydrogen-bond donors (Lipinski definition) is 1. The Kier molecular flexibility index (Phi) is 7.33. The van der Waals surface area contributed by atoms with Crippen LogP contribution in [-0.4, -0.2) is 41.0 Å². The highest BCUT2D eigenvalue weighted by molar-refractivity contribution is 6.02. The Labute approximate surface area is 232 Å². The largest absolute Gasteiger partial charge is 0.491 e. The number of nitrogens with zero attached hydrogens (tertiary/aromatic N) is 3. The second-order valence-electron chi connectivity index (χ2n) is 10.1. The number of esters is 2. The Morgan fingerprint density at radius 3 is 2.63 bits per heavy atom. The van der Waals surface area contributed by atoms with Gasteiger partial charge in [-0.25, -0.2) is 9.59 Å². The van der Waals surface area contributed by atoms with Gasteiger partial charge in [-0.3, -0.25) is 9.48 Å². The van der Waals surface area contributed by atoms with Crippen molar-refractivity contribution < 1.29 is 31.9 Å². The molecule has 1 N–H and O–H groups in total. The number of alkyl halides is 3. The van der Waals surface area contributed by atoms with Gasteiger partial charge in [0.2, 0.25) is 0 Å². The molecule has 0 saturated carbocycles. The van der Waals surface area contributed by atoms with E-state index >= 15 is 0 Å². The average Bonchev–Trinajstić information content (AvgIpc) is 3.57. The van der Waals surface area contributed by atoms with Gasteiger partial charge in [0.15, 0.2) is 11.3 Å². The first-order valence-electron chi connectivity index (χ1n) is 12.9. The summed E-state index contributed by atoms with van der Waals surface area (Å²) in [6.07, 6.45) is -2.69. The minimum atomic E-state index is -5.31. The zero-order valence-corrected chi connectivity index (χ0v) is 22.5. The number of anilines is 2. The fraction of sp³-hybridized carbons (Fsp3) is 0.310. The maximum absolute atomic E-state index is 13.2. The quantitative estimate of drug-likeness (QED) is 0.248. The number of aromatic nitrogens is 2. The van der Waals surface area contributed by atoms with Gasteiger partial charge in [0.1, 0.15) is 5.58 Å². The van der Waals surface area contributed by atoms with Crippen LogP contribution >= 0.6 is 0 Å².